The third-order valence-corrected chi connectivity index (χ3v) is 4.76. The minimum absolute atomic E-state index is 0.0849. The molecule has 1 aliphatic carbocycles. The zero-order chi connectivity index (χ0) is 18.3. The highest BCUT2D eigenvalue weighted by atomic mass is 16.5. The lowest BCUT2D eigenvalue weighted by Crippen LogP contribution is -2.31. The zero-order valence-corrected chi connectivity index (χ0v) is 14.8. The normalized spacial score (nSPS) is 18.7. The van der Waals surface area contributed by atoms with Crippen molar-refractivity contribution in [3.8, 4) is 17.2 Å². The Bertz CT molecular complexity index is 905. The van der Waals surface area contributed by atoms with Crippen molar-refractivity contribution in [1.29, 1.82) is 0 Å². The fourth-order valence-electron chi connectivity index (χ4n) is 3.64. The lowest BCUT2D eigenvalue weighted by Gasteiger charge is -2.32. The molecule has 0 saturated heterocycles. The van der Waals surface area contributed by atoms with Gasteiger partial charge in [-0.1, -0.05) is 5.10 Å². The van der Waals surface area contributed by atoms with Crippen molar-refractivity contribution >= 4 is 11.7 Å². The van der Waals surface area contributed by atoms with Gasteiger partial charge < -0.3 is 19.5 Å². The largest absolute Gasteiger partial charge is 0.493 e. The average molecular weight is 357 g/mol. The first-order valence-corrected chi connectivity index (χ1v) is 8.29. The first-order valence-electron chi connectivity index (χ1n) is 8.29. The van der Waals surface area contributed by atoms with E-state index in [-0.39, 0.29) is 5.78 Å². The van der Waals surface area contributed by atoms with Crippen molar-refractivity contribution in [3.05, 3.63) is 29.0 Å². The zero-order valence-electron chi connectivity index (χ0n) is 14.8. The molecule has 9 nitrogen and oxygen atoms in total. The number of Topliss-reactive ketones (excluding diaryl/α,β-unsaturated/α-hetero) is 1. The second-order valence-corrected chi connectivity index (χ2v) is 6.07. The molecule has 1 unspecified atom stereocenters. The van der Waals surface area contributed by atoms with E-state index in [9.17, 15) is 4.79 Å². The Labute approximate surface area is 149 Å². The Morgan fingerprint density at radius 3 is 2.65 bits per heavy atom. The number of allylic oxidation sites excluding steroid dienone is 2. The number of fused-ring (bicyclic) bond motifs is 1. The summed E-state index contributed by atoms with van der Waals surface area (Å²) in [5, 5.41) is 15.1. The van der Waals surface area contributed by atoms with E-state index in [1.165, 1.54) is 0 Å². The summed E-state index contributed by atoms with van der Waals surface area (Å²) in [4.78, 5) is 12.7. The summed E-state index contributed by atoms with van der Waals surface area (Å²) in [5.41, 5.74) is 2.27. The summed E-state index contributed by atoms with van der Waals surface area (Å²) in [7, 11) is 4.66. The Morgan fingerprint density at radius 1 is 1.12 bits per heavy atom. The van der Waals surface area contributed by atoms with Crippen LogP contribution < -0.4 is 19.5 Å². The predicted molar refractivity (Wildman–Crippen MR) is 91.6 cm³/mol. The molecule has 2 aliphatic rings. The Hall–Kier alpha value is -3.10. The van der Waals surface area contributed by atoms with Gasteiger partial charge in [0.05, 0.1) is 21.3 Å². The summed E-state index contributed by atoms with van der Waals surface area (Å²) in [6, 6.07) is 3.16. The number of carbonyl (C=O) groups excluding carboxylic acids is 1. The summed E-state index contributed by atoms with van der Waals surface area (Å²) in [5.74, 6) is 2.08. The van der Waals surface area contributed by atoms with Crippen LogP contribution >= 0.6 is 0 Å². The van der Waals surface area contributed by atoms with Crippen molar-refractivity contribution in [2.75, 3.05) is 26.6 Å². The molecule has 0 radical (unpaired) electrons. The van der Waals surface area contributed by atoms with Gasteiger partial charge in [0.1, 0.15) is 6.04 Å². The van der Waals surface area contributed by atoms with Gasteiger partial charge in [0.2, 0.25) is 11.7 Å². The number of ketones is 1. The topological polar surface area (TPSA) is 100 Å². The standard InChI is InChI=1S/C17H19N5O4/c1-24-12-8-7-9(15(25-2)16(12)26-3)14-13-10(5-4-6-11(13)23)18-17-19-20-21-22(14)17/h7-8,14H,4-6H2,1-3H3,(H,18,19,21). The number of ether oxygens (including phenoxy) is 3. The van der Waals surface area contributed by atoms with Crippen LogP contribution in [0.1, 0.15) is 30.9 Å². The highest BCUT2D eigenvalue weighted by Crippen LogP contribution is 2.47. The number of rotatable bonds is 4. The highest BCUT2D eigenvalue weighted by Gasteiger charge is 2.38. The Morgan fingerprint density at radius 2 is 1.92 bits per heavy atom. The van der Waals surface area contributed by atoms with Gasteiger partial charge in [-0.25, -0.2) is 0 Å². The molecule has 0 fully saturated rings. The molecule has 1 N–H and O–H groups in total. The lowest BCUT2D eigenvalue weighted by molar-refractivity contribution is -0.116. The third kappa shape index (κ3) is 2.31. The number of hydrogen-bond donors (Lipinski definition) is 1. The van der Waals surface area contributed by atoms with E-state index in [1.807, 2.05) is 6.07 Å². The van der Waals surface area contributed by atoms with E-state index >= 15 is 0 Å². The first-order chi connectivity index (χ1) is 12.7. The third-order valence-electron chi connectivity index (χ3n) is 4.76. The molecule has 0 amide bonds. The molecule has 136 valence electrons. The first kappa shape index (κ1) is 16.4. The van der Waals surface area contributed by atoms with Crippen LogP contribution in [0.4, 0.5) is 5.95 Å². The molecule has 4 rings (SSSR count). The van der Waals surface area contributed by atoms with Crippen LogP contribution in [0, 0.1) is 0 Å². The maximum Gasteiger partial charge on any atom is 0.248 e. The minimum atomic E-state index is -0.487. The van der Waals surface area contributed by atoms with Gasteiger partial charge in [0.25, 0.3) is 0 Å². The van der Waals surface area contributed by atoms with Gasteiger partial charge in [0.15, 0.2) is 17.3 Å². The van der Waals surface area contributed by atoms with E-state index < -0.39 is 6.04 Å². The molecule has 2 heterocycles. The lowest BCUT2D eigenvalue weighted by atomic mass is 9.85. The number of anilines is 1. The van der Waals surface area contributed by atoms with Gasteiger partial charge in [-0.3, -0.25) is 4.79 Å². The number of nitrogens with one attached hydrogen (secondary N) is 1. The minimum Gasteiger partial charge on any atom is -0.493 e. The fraction of sp³-hybridized carbons (Fsp3) is 0.412. The molecule has 9 heteroatoms. The molecule has 1 aromatic carbocycles. The van der Waals surface area contributed by atoms with Crippen molar-refractivity contribution in [2.45, 2.75) is 25.3 Å². The van der Waals surface area contributed by atoms with Crippen molar-refractivity contribution in [3.63, 3.8) is 0 Å². The van der Waals surface area contributed by atoms with Crippen LogP contribution in [0.5, 0.6) is 17.2 Å². The monoisotopic (exact) mass is 357 g/mol. The van der Waals surface area contributed by atoms with Gasteiger partial charge in [0, 0.05) is 23.3 Å². The van der Waals surface area contributed by atoms with Gasteiger partial charge in [-0.2, -0.15) is 4.68 Å². The number of tetrazole rings is 1. The van der Waals surface area contributed by atoms with Crippen LogP contribution in [0.3, 0.4) is 0 Å². The maximum absolute atomic E-state index is 12.7. The number of methoxy groups -OCH3 is 3. The molecule has 1 aliphatic heterocycles. The average Bonchev–Trinajstić information content (AvgIpc) is 3.13. The Balaban J connectivity index is 1.97. The predicted octanol–water partition coefficient (Wildman–Crippen LogP) is 1.72. The fourth-order valence-corrected chi connectivity index (χ4v) is 3.64. The van der Waals surface area contributed by atoms with Crippen LogP contribution in [0.2, 0.25) is 0 Å². The summed E-state index contributed by atoms with van der Waals surface area (Å²) in [6.07, 6.45) is 2.09. The highest BCUT2D eigenvalue weighted by molar-refractivity contribution is 5.99. The molecule has 26 heavy (non-hydrogen) atoms. The molecule has 0 spiro atoms. The van der Waals surface area contributed by atoms with Crippen LogP contribution in [-0.2, 0) is 4.79 Å². The molecule has 1 aromatic heterocycles. The smallest absolute Gasteiger partial charge is 0.248 e. The van der Waals surface area contributed by atoms with Gasteiger partial charge in [-0.05, 0) is 35.4 Å². The number of benzene rings is 1. The molecule has 0 saturated carbocycles. The molecular weight excluding hydrogens is 338 g/mol. The SMILES string of the molecule is COc1ccc(C2C3=C(CCCC3=O)Nc3nnnn32)c(OC)c1OC. The molecular formula is C17H19N5O4. The van der Waals surface area contributed by atoms with E-state index in [1.54, 1.807) is 32.1 Å². The number of nitrogens with zero attached hydrogens (tertiary/aromatic N) is 4. The molecule has 2 aromatic rings. The number of hydrogen-bond acceptors (Lipinski definition) is 8. The quantitative estimate of drug-likeness (QED) is 0.883. The summed E-state index contributed by atoms with van der Waals surface area (Å²) < 4.78 is 18.1. The summed E-state index contributed by atoms with van der Waals surface area (Å²) in [6.45, 7) is 0. The van der Waals surface area contributed by atoms with Gasteiger partial charge >= 0.3 is 0 Å². The van der Waals surface area contributed by atoms with Gasteiger partial charge in [-0.15, -0.1) is 0 Å². The van der Waals surface area contributed by atoms with E-state index in [2.05, 4.69) is 20.8 Å². The van der Waals surface area contributed by atoms with Crippen LogP contribution in [-0.4, -0.2) is 47.3 Å². The van der Waals surface area contributed by atoms with Crippen LogP contribution in [0.15, 0.2) is 23.4 Å². The summed E-state index contributed by atoms with van der Waals surface area (Å²) >= 11 is 0. The maximum atomic E-state index is 12.7. The van der Waals surface area contributed by atoms with E-state index in [0.717, 1.165) is 24.1 Å². The molecule has 1 atom stereocenters. The second-order valence-electron chi connectivity index (χ2n) is 6.07. The van der Waals surface area contributed by atoms with Crippen molar-refractivity contribution < 1.29 is 19.0 Å². The number of carbonyl (C=O) groups is 1. The van der Waals surface area contributed by atoms with Crippen molar-refractivity contribution in [2.24, 2.45) is 0 Å². The van der Waals surface area contributed by atoms with E-state index in [0.29, 0.717) is 35.2 Å². The van der Waals surface area contributed by atoms with E-state index in [4.69, 9.17) is 14.2 Å². The van der Waals surface area contributed by atoms with Crippen molar-refractivity contribution in [1.82, 2.24) is 20.2 Å². The molecule has 0 bridgehead atoms. The Kier molecular flexibility index (Phi) is 3.98. The number of aromatic nitrogens is 4. The second kappa shape index (κ2) is 6.32. The van der Waals surface area contributed by atoms with Crippen LogP contribution in [0.25, 0.3) is 0 Å².